The number of aryl methyl sites for hydroxylation is 1. The number of carbonyl (C=O) groups is 1. The van der Waals surface area contributed by atoms with Gasteiger partial charge in [0, 0.05) is 30.3 Å². The van der Waals surface area contributed by atoms with E-state index in [4.69, 9.17) is 9.47 Å². The van der Waals surface area contributed by atoms with E-state index < -0.39 is 0 Å². The van der Waals surface area contributed by atoms with E-state index in [1.165, 1.54) is 0 Å². The summed E-state index contributed by atoms with van der Waals surface area (Å²) < 4.78 is 11.1. The lowest BCUT2D eigenvalue weighted by Gasteiger charge is -2.20. The molecular formula is C17H19N3O3. The predicted octanol–water partition coefficient (Wildman–Crippen LogP) is 2.12. The van der Waals surface area contributed by atoms with Crippen LogP contribution in [0.1, 0.15) is 34.0 Å². The van der Waals surface area contributed by atoms with E-state index in [0.717, 1.165) is 30.8 Å². The summed E-state index contributed by atoms with van der Waals surface area (Å²) in [6.07, 6.45) is 2.79. The number of hydrogen-bond acceptors (Lipinski definition) is 4. The molecular weight excluding hydrogens is 294 g/mol. The van der Waals surface area contributed by atoms with Crippen molar-refractivity contribution in [3.05, 3.63) is 41.2 Å². The maximum absolute atomic E-state index is 12.7. The molecule has 0 bridgehead atoms. The Morgan fingerprint density at radius 1 is 1.30 bits per heavy atom. The van der Waals surface area contributed by atoms with E-state index in [0.29, 0.717) is 36.2 Å². The van der Waals surface area contributed by atoms with Crippen LogP contribution in [0.5, 0.6) is 11.5 Å². The number of carbonyl (C=O) groups excluding carboxylic acids is 1. The Kier molecular flexibility index (Phi) is 3.44. The van der Waals surface area contributed by atoms with E-state index in [9.17, 15) is 4.79 Å². The lowest BCUT2D eigenvalue weighted by Crippen LogP contribution is -2.28. The molecule has 2 aromatic rings. The molecule has 120 valence electrons. The van der Waals surface area contributed by atoms with Crippen LogP contribution in [0.4, 0.5) is 0 Å². The van der Waals surface area contributed by atoms with Crippen LogP contribution in [0.25, 0.3) is 0 Å². The van der Waals surface area contributed by atoms with Crippen LogP contribution in [0, 0.1) is 6.92 Å². The summed E-state index contributed by atoms with van der Waals surface area (Å²) in [4.78, 5) is 14.6. The first-order valence-electron chi connectivity index (χ1n) is 7.91. The number of benzene rings is 1. The average molecular weight is 313 g/mol. The minimum Gasteiger partial charge on any atom is -0.486 e. The smallest absolute Gasteiger partial charge is 0.254 e. The normalized spacial score (nSPS) is 19.9. The van der Waals surface area contributed by atoms with E-state index in [1.807, 2.05) is 30.2 Å². The fraction of sp³-hybridized carbons (Fsp3) is 0.412. The number of hydrogen-bond donors (Lipinski definition) is 1. The van der Waals surface area contributed by atoms with Gasteiger partial charge in [0.05, 0.1) is 6.20 Å². The quantitative estimate of drug-likeness (QED) is 0.922. The second kappa shape index (κ2) is 5.61. The van der Waals surface area contributed by atoms with Gasteiger partial charge in [-0.3, -0.25) is 9.89 Å². The zero-order chi connectivity index (χ0) is 15.8. The molecule has 0 radical (unpaired) electrons. The zero-order valence-corrected chi connectivity index (χ0v) is 13.0. The van der Waals surface area contributed by atoms with Gasteiger partial charge in [-0.15, -0.1) is 0 Å². The molecule has 1 unspecified atom stereocenters. The maximum atomic E-state index is 12.7. The molecule has 6 heteroatoms. The van der Waals surface area contributed by atoms with Crippen LogP contribution in [0.3, 0.4) is 0 Å². The number of aromatic amines is 1. The molecule has 1 aromatic heterocycles. The molecule has 2 aliphatic heterocycles. The Balaban J connectivity index is 1.51. The molecule has 1 atom stereocenters. The number of amides is 1. The first-order chi connectivity index (χ1) is 11.2. The third kappa shape index (κ3) is 2.54. The fourth-order valence-corrected chi connectivity index (χ4v) is 3.31. The van der Waals surface area contributed by atoms with Crippen molar-refractivity contribution in [3.8, 4) is 11.5 Å². The van der Waals surface area contributed by atoms with E-state index >= 15 is 0 Å². The molecule has 2 aliphatic rings. The summed E-state index contributed by atoms with van der Waals surface area (Å²) in [5.74, 6) is 1.74. The number of ether oxygens (including phenoxy) is 2. The van der Waals surface area contributed by atoms with Crippen LogP contribution >= 0.6 is 0 Å². The molecule has 3 heterocycles. The largest absolute Gasteiger partial charge is 0.486 e. The van der Waals surface area contributed by atoms with Gasteiger partial charge in [-0.05, 0) is 37.1 Å². The summed E-state index contributed by atoms with van der Waals surface area (Å²) in [6.45, 7) is 4.60. The van der Waals surface area contributed by atoms with E-state index in [1.54, 1.807) is 6.07 Å². The summed E-state index contributed by atoms with van der Waals surface area (Å²) in [5.41, 5.74) is 2.95. The Bertz CT molecular complexity index is 740. The van der Waals surface area contributed by atoms with Crippen LogP contribution in [-0.4, -0.2) is 47.3 Å². The van der Waals surface area contributed by atoms with Gasteiger partial charge in [0.15, 0.2) is 11.5 Å². The Morgan fingerprint density at radius 2 is 2.13 bits per heavy atom. The molecule has 4 rings (SSSR count). The minimum atomic E-state index is 0.0432. The number of nitrogens with zero attached hydrogens (tertiary/aromatic N) is 2. The molecule has 1 amide bonds. The topological polar surface area (TPSA) is 67.5 Å². The second-order valence-electron chi connectivity index (χ2n) is 6.06. The molecule has 0 saturated carbocycles. The van der Waals surface area contributed by atoms with Crippen molar-refractivity contribution >= 4 is 5.91 Å². The number of aromatic nitrogens is 2. The predicted molar refractivity (Wildman–Crippen MR) is 84.0 cm³/mol. The molecule has 1 fully saturated rings. The Labute approximate surface area is 134 Å². The van der Waals surface area contributed by atoms with Gasteiger partial charge >= 0.3 is 0 Å². The number of fused-ring (bicyclic) bond motifs is 1. The molecule has 23 heavy (non-hydrogen) atoms. The fourth-order valence-electron chi connectivity index (χ4n) is 3.31. The van der Waals surface area contributed by atoms with Crippen molar-refractivity contribution in [2.45, 2.75) is 19.3 Å². The van der Waals surface area contributed by atoms with Crippen molar-refractivity contribution < 1.29 is 14.3 Å². The molecule has 6 nitrogen and oxygen atoms in total. The van der Waals surface area contributed by atoms with Gasteiger partial charge in [0.25, 0.3) is 5.91 Å². The Morgan fingerprint density at radius 3 is 2.91 bits per heavy atom. The molecule has 0 spiro atoms. The minimum absolute atomic E-state index is 0.0432. The monoisotopic (exact) mass is 313 g/mol. The lowest BCUT2D eigenvalue weighted by atomic mass is 10.0. The molecule has 1 N–H and O–H groups in total. The highest BCUT2D eigenvalue weighted by Gasteiger charge is 2.30. The highest BCUT2D eigenvalue weighted by Crippen LogP contribution is 2.33. The summed E-state index contributed by atoms with van der Waals surface area (Å²) >= 11 is 0. The second-order valence-corrected chi connectivity index (χ2v) is 6.06. The number of rotatable bonds is 2. The summed E-state index contributed by atoms with van der Waals surface area (Å²) in [7, 11) is 0. The van der Waals surface area contributed by atoms with Gasteiger partial charge in [0.2, 0.25) is 0 Å². The number of nitrogens with one attached hydrogen (secondary N) is 1. The van der Waals surface area contributed by atoms with Crippen molar-refractivity contribution in [2.24, 2.45) is 0 Å². The van der Waals surface area contributed by atoms with E-state index in [2.05, 4.69) is 10.2 Å². The summed E-state index contributed by atoms with van der Waals surface area (Å²) in [5, 5.41) is 7.15. The van der Waals surface area contributed by atoms with Crippen molar-refractivity contribution in [3.63, 3.8) is 0 Å². The standard InChI is InChI=1S/C17H19N3O3/c1-11-9-18-19-16(11)13-4-5-20(10-13)17(21)12-2-3-14-15(8-12)23-7-6-22-14/h2-3,8-9,13H,4-7,10H2,1H3,(H,18,19). The van der Waals surface area contributed by atoms with Crippen molar-refractivity contribution in [2.75, 3.05) is 26.3 Å². The first-order valence-corrected chi connectivity index (χ1v) is 7.91. The highest BCUT2D eigenvalue weighted by atomic mass is 16.6. The SMILES string of the molecule is Cc1cn[nH]c1C1CCN(C(=O)c2ccc3c(c2)OCCO3)C1. The first kappa shape index (κ1) is 14.1. The van der Waals surface area contributed by atoms with Crippen molar-refractivity contribution in [1.29, 1.82) is 0 Å². The number of H-pyrrole nitrogens is 1. The van der Waals surface area contributed by atoms with Gasteiger partial charge in [0.1, 0.15) is 13.2 Å². The van der Waals surface area contributed by atoms with Gasteiger partial charge in [-0.25, -0.2) is 0 Å². The molecule has 1 saturated heterocycles. The van der Waals surface area contributed by atoms with Crippen LogP contribution in [-0.2, 0) is 0 Å². The van der Waals surface area contributed by atoms with Gasteiger partial charge in [-0.2, -0.15) is 5.10 Å². The average Bonchev–Trinajstić information content (AvgIpc) is 3.22. The van der Waals surface area contributed by atoms with Crippen LogP contribution in [0.15, 0.2) is 24.4 Å². The van der Waals surface area contributed by atoms with Crippen molar-refractivity contribution in [1.82, 2.24) is 15.1 Å². The Hall–Kier alpha value is -2.50. The highest BCUT2D eigenvalue weighted by molar-refractivity contribution is 5.95. The molecule has 0 aliphatic carbocycles. The lowest BCUT2D eigenvalue weighted by molar-refractivity contribution is 0.0789. The van der Waals surface area contributed by atoms with E-state index in [-0.39, 0.29) is 5.91 Å². The summed E-state index contributed by atoms with van der Waals surface area (Å²) in [6, 6.07) is 5.41. The van der Waals surface area contributed by atoms with Crippen LogP contribution in [0.2, 0.25) is 0 Å². The third-order valence-corrected chi connectivity index (χ3v) is 4.54. The van der Waals surface area contributed by atoms with Gasteiger partial charge in [-0.1, -0.05) is 0 Å². The zero-order valence-electron chi connectivity index (χ0n) is 13.0. The molecule has 1 aromatic carbocycles. The third-order valence-electron chi connectivity index (χ3n) is 4.54. The van der Waals surface area contributed by atoms with Crippen LogP contribution < -0.4 is 9.47 Å². The maximum Gasteiger partial charge on any atom is 0.254 e. The van der Waals surface area contributed by atoms with Gasteiger partial charge < -0.3 is 14.4 Å². The number of likely N-dealkylation sites (tertiary alicyclic amines) is 1.